The van der Waals surface area contributed by atoms with E-state index in [0.29, 0.717) is 46.1 Å². The van der Waals surface area contributed by atoms with Crippen molar-refractivity contribution >= 4 is 17.4 Å². The molecule has 0 amide bonds. The molecule has 5 aliphatic carbocycles. The summed E-state index contributed by atoms with van der Waals surface area (Å²) < 4.78 is 9.50. The first-order valence-corrected chi connectivity index (χ1v) is 15.6. The van der Waals surface area contributed by atoms with Gasteiger partial charge in [0.05, 0.1) is 19.5 Å². The summed E-state index contributed by atoms with van der Waals surface area (Å²) in [5.74, 6) is 5.09. The number of nitrogens with zero attached hydrogens (tertiary/aromatic N) is 4. The molecule has 0 spiro atoms. The lowest BCUT2D eigenvalue weighted by molar-refractivity contribution is -0.0642. The number of hydrogen-bond donors (Lipinski definition) is 1. The third kappa shape index (κ3) is 4.18. The summed E-state index contributed by atoms with van der Waals surface area (Å²) in [5, 5.41) is 5.19. The molecule has 2 N–H and O–H groups in total. The van der Waals surface area contributed by atoms with E-state index in [1.807, 2.05) is 18.5 Å². The van der Waals surface area contributed by atoms with Gasteiger partial charge in [0.1, 0.15) is 11.4 Å². The van der Waals surface area contributed by atoms with Crippen molar-refractivity contribution in [3.63, 3.8) is 0 Å². The number of aromatic nitrogens is 4. The number of carbonyl (C=O) groups is 1. The largest absolute Gasteiger partial charge is 0.465 e. The van der Waals surface area contributed by atoms with Crippen LogP contribution in [0.3, 0.4) is 0 Å². The first-order chi connectivity index (χ1) is 19.2. The summed E-state index contributed by atoms with van der Waals surface area (Å²) in [4.78, 5) is 17.8. The number of carbonyl (C=O) groups excluding carboxylic acids is 1. The van der Waals surface area contributed by atoms with Crippen molar-refractivity contribution in [3.05, 3.63) is 35.9 Å². The Balaban J connectivity index is 1.39. The molecule has 0 aromatic carbocycles. The summed E-state index contributed by atoms with van der Waals surface area (Å²) in [7, 11) is 1.44. The summed E-state index contributed by atoms with van der Waals surface area (Å²) in [6.07, 6.45) is 17.7. The van der Waals surface area contributed by atoms with Crippen LogP contribution < -0.4 is 5.73 Å². The van der Waals surface area contributed by atoms with Crippen LogP contribution in [-0.2, 0) is 11.3 Å². The number of pyridine rings is 1. The van der Waals surface area contributed by atoms with Gasteiger partial charge in [-0.15, -0.1) is 0 Å². The third-order valence-electron chi connectivity index (χ3n) is 11.3. The molecule has 0 saturated heterocycles. The molecule has 4 bridgehead atoms. The minimum absolute atomic E-state index is 0.368. The number of fused-ring (bicyclic) bond motifs is 1. The molecule has 8 rings (SSSR count). The highest BCUT2D eigenvalue weighted by molar-refractivity contribution is 6.03. The van der Waals surface area contributed by atoms with Crippen LogP contribution in [0.15, 0.2) is 24.7 Å². The van der Waals surface area contributed by atoms with Crippen LogP contribution in [0.25, 0.3) is 16.8 Å². The molecule has 0 aliphatic heterocycles. The van der Waals surface area contributed by atoms with Crippen molar-refractivity contribution in [1.29, 1.82) is 0 Å². The lowest BCUT2D eigenvalue weighted by atomic mass is 9.49. The molecule has 5 aliphatic rings. The number of nitrogens with two attached hydrogens (primary N) is 1. The number of imidazole rings is 1. The van der Waals surface area contributed by atoms with Crippen LogP contribution in [0, 0.1) is 40.9 Å². The van der Waals surface area contributed by atoms with Crippen LogP contribution in [0.2, 0.25) is 0 Å². The Morgan fingerprint density at radius 3 is 2.42 bits per heavy atom. The Hall–Kier alpha value is -2.83. The van der Waals surface area contributed by atoms with Gasteiger partial charge in [-0.25, -0.2) is 9.78 Å². The fraction of sp³-hybridized carbons (Fsp3) is 0.667. The second kappa shape index (κ2) is 9.63. The number of hydrogen-bond acceptors (Lipinski definition) is 5. The molecule has 40 heavy (non-hydrogen) atoms. The van der Waals surface area contributed by atoms with E-state index < -0.39 is 0 Å². The molecular weight excluding hydrogens is 498 g/mol. The first-order valence-electron chi connectivity index (χ1n) is 15.6. The van der Waals surface area contributed by atoms with E-state index in [9.17, 15) is 4.79 Å². The van der Waals surface area contributed by atoms with E-state index in [2.05, 4.69) is 30.4 Å². The predicted molar refractivity (Wildman–Crippen MR) is 157 cm³/mol. The molecule has 3 heterocycles. The van der Waals surface area contributed by atoms with Crippen molar-refractivity contribution in [2.24, 2.45) is 40.9 Å². The number of esters is 1. The molecule has 5 saturated carbocycles. The van der Waals surface area contributed by atoms with Gasteiger partial charge in [-0.2, -0.15) is 5.10 Å². The van der Waals surface area contributed by atoms with Crippen LogP contribution in [0.4, 0.5) is 5.82 Å². The average Bonchev–Trinajstić information content (AvgIpc) is 3.49. The molecule has 7 heteroatoms. The second-order valence-corrected chi connectivity index (χ2v) is 14.4. The molecule has 5 fully saturated rings. The number of methoxy groups -OCH3 is 1. The molecule has 7 nitrogen and oxygen atoms in total. The van der Waals surface area contributed by atoms with Gasteiger partial charge in [-0.1, -0.05) is 27.2 Å². The van der Waals surface area contributed by atoms with Crippen LogP contribution in [-0.4, -0.2) is 32.2 Å². The van der Waals surface area contributed by atoms with Crippen molar-refractivity contribution in [2.45, 2.75) is 91.0 Å². The molecule has 3 unspecified atom stereocenters. The van der Waals surface area contributed by atoms with Gasteiger partial charge in [-0.3, -0.25) is 9.08 Å². The van der Waals surface area contributed by atoms with E-state index in [1.54, 1.807) is 10.6 Å². The molecule has 3 aromatic heterocycles. The Morgan fingerprint density at radius 1 is 1.07 bits per heavy atom. The highest BCUT2D eigenvalue weighted by atomic mass is 16.5. The normalized spacial score (nSPS) is 33.2. The molecule has 3 atom stereocenters. The quantitative estimate of drug-likeness (QED) is 0.340. The Bertz CT molecular complexity index is 1400. The Morgan fingerprint density at radius 2 is 1.77 bits per heavy atom. The Labute approximate surface area is 237 Å². The zero-order chi connectivity index (χ0) is 27.8. The van der Waals surface area contributed by atoms with Gasteiger partial charge >= 0.3 is 5.97 Å². The van der Waals surface area contributed by atoms with Crippen LogP contribution in [0.5, 0.6) is 0 Å². The monoisotopic (exact) mass is 543 g/mol. The topological polar surface area (TPSA) is 87.4 Å². The lowest BCUT2D eigenvalue weighted by Crippen LogP contribution is -2.48. The van der Waals surface area contributed by atoms with Crippen molar-refractivity contribution < 1.29 is 9.53 Å². The van der Waals surface area contributed by atoms with Crippen molar-refractivity contribution in [1.82, 2.24) is 19.2 Å². The average molecular weight is 544 g/mol. The number of anilines is 1. The minimum atomic E-state index is -0.386. The molecule has 214 valence electrons. The van der Waals surface area contributed by atoms with Gasteiger partial charge in [0.15, 0.2) is 5.65 Å². The fourth-order valence-electron chi connectivity index (χ4n) is 10.0. The summed E-state index contributed by atoms with van der Waals surface area (Å²) in [5.41, 5.74) is 10.8. The van der Waals surface area contributed by atoms with Crippen LogP contribution >= 0.6 is 0 Å². The predicted octanol–water partition coefficient (Wildman–Crippen LogP) is 6.96. The minimum Gasteiger partial charge on any atom is -0.465 e. The maximum Gasteiger partial charge on any atom is 0.342 e. The van der Waals surface area contributed by atoms with E-state index in [0.717, 1.165) is 41.8 Å². The van der Waals surface area contributed by atoms with E-state index in [4.69, 9.17) is 15.6 Å². The van der Waals surface area contributed by atoms with Gasteiger partial charge in [0.2, 0.25) is 0 Å². The highest BCUT2D eigenvalue weighted by Crippen LogP contribution is 2.61. The summed E-state index contributed by atoms with van der Waals surface area (Å²) in [6, 6.07) is 2.02. The summed E-state index contributed by atoms with van der Waals surface area (Å²) in [6.45, 7) is 8.18. The molecule has 3 aromatic rings. The van der Waals surface area contributed by atoms with E-state index in [-0.39, 0.29) is 5.97 Å². The van der Waals surface area contributed by atoms with E-state index >= 15 is 0 Å². The second-order valence-electron chi connectivity index (χ2n) is 14.4. The van der Waals surface area contributed by atoms with Crippen molar-refractivity contribution in [3.8, 4) is 11.1 Å². The SMILES string of the molecule is COC(=O)c1c(-c2cnn(CC34CC5CC(CC(C5)C3)C4)c2C2CC(C)CCC2C(C)C)ccn2c(N)cnc12. The van der Waals surface area contributed by atoms with Gasteiger partial charge in [0.25, 0.3) is 0 Å². The van der Waals surface area contributed by atoms with Crippen LogP contribution in [0.1, 0.15) is 101 Å². The number of rotatable bonds is 6. The lowest BCUT2D eigenvalue weighted by Gasteiger charge is -2.57. The third-order valence-corrected chi connectivity index (χ3v) is 11.3. The molecule has 0 radical (unpaired) electrons. The van der Waals surface area contributed by atoms with Gasteiger partial charge in [0, 0.05) is 35.5 Å². The number of nitrogen functional groups attached to an aromatic ring is 1. The standard InChI is InChI=1S/C33H45N5O2/c1-19(2)24-6-5-20(3)9-26(24)30-27(25-7-8-37-28(34)17-35-31(37)29(25)32(39)40-4)16-36-38(30)18-33-13-21-10-22(14-33)12-23(11-21)15-33/h7-8,16-17,19-24,26H,5-6,9-15,18,34H2,1-4H3. The first kappa shape index (κ1) is 26.1. The summed E-state index contributed by atoms with van der Waals surface area (Å²) >= 11 is 0. The van der Waals surface area contributed by atoms with E-state index in [1.165, 1.54) is 64.2 Å². The van der Waals surface area contributed by atoms with Crippen molar-refractivity contribution in [2.75, 3.05) is 12.8 Å². The maximum absolute atomic E-state index is 13.3. The van der Waals surface area contributed by atoms with Gasteiger partial charge < -0.3 is 10.5 Å². The smallest absolute Gasteiger partial charge is 0.342 e. The van der Waals surface area contributed by atoms with Gasteiger partial charge in [-0.05, 0) is 98.4 Å². The molecular formula is C33H45N5O2. The zero-order valence-corrected chi connectivity index (χ0v) is 24.6. The zero-order valence-electron chi connectivity index (χ0n) is 24.6. The maximum atomic E-state index is 13.3. The Kier molecular flexibility index (Phi) is 6.28. The fourth-order valence-corrected chi connectivity index (χ4v) is 10.0. The number of ether oxygens (including phenoxy) is 1. The highest BCUT2D eigenvalue weighted by Gasteiger charge is 2.51.